The van der Waals surface area contributed by atoms with E-state index < -0.39 is 0 Å². The monoisotopic (exact) mass is 418 g/mol. The summed E-state index contributed by atoms with van der Waals surface area (Å²) in [5.41, 5.74) is 1.40. The number of rotatable bonds is 9. The number of guanidine groups is 1. The third-order valence-electron chi connectivity index (χ3n) is 5.90. The molecule has 29 heavy (non-hydrogen) atoms. The molecule has 2 aliphatic heterocycles. The Morgan fingerprint density at radius 2 is 2.03 bits per heavy atom. The van der Waals surface area contributed by atoms with Gasteiger partial charge >= 0.3 is 0 Å². The van der Waals surface area contributed by atoms with Crippen molar-refractivity contribution in [2.75, 3.05) is 45.6 Å². The third kappa shape index (κ3) is 7.83. The van der Waals surface area contributed by atoms with Crippen LogP contribution in [0.5, 0.6) is 0 Å². The highest BCUT2D eigenvalue weighted by atomic mass is 32.2. The summed E-state index contributed by atoms with van der Waals surface area (Å²) in [5, 5.41) is 6.91. The van der Waals surface area contributed by atoms with Gasteiger partial charge in [0, 0.05) is 51.1 Å². The first-order valence-corrected chi connectivity index (χ1v) is 12.1. The van der Waals surface area contributed by atoms with Crippen LogP contribution in [0.4, 0.5) is 0 Å². The summed E-state index contributed by atoms with van der Waals surface area (Å²) in [6.07, 6.45) is 6.33. The molecule has 2 heterocycles. The van der Waals surface area contributed by atoms with Crippen LogP contribution < -0.4 is 10.6 Å². The quantitative estimate of drug-likeness (QED) is 0.365. The first-order chi connectivity index (χ1) is 14.2. The van der Waals surface area contributed by atoms with Crippen molar-refractivity contribution in [2.24, 2.45) is 4.99 Å². The minimum Gasteiger partial charge on any atom is -0.378 e. The molecule has 0 amide bonds. The van der Waals surface area contributed by atoms with Crippen molar-refractivity contribution in [2.45, 2.75) is 56.4 Å². The number of hydrogen-bond donors (Lipinski definition) is 2. The Morgan fingerprint density at radius 3 is 2.72 bits per heavy atom. The zero-order valence-corrected chi connectivity index (χ0v) is 19.0. The van der Waals surface area contributed by atoms with E-state index in [9.17, 15) is 0 Å². The lowest BCUT2D eigenvalue weighted by molar-refractivity contribution is 0.00534. The van der Waals surface area contributed by atoms with E-state index in [1.807, 2.05) is 7.05 Å². The van der Waals surface area contributed by atoms with Gasteiger partial charge in [0.05, 0.1) is 6.10 Å². The van der Waals surface area contributed by atoms with Crippen LogP contribution in [-0.2, 0) is 11.3 Å². The Balaban J connectivity index is 1.22. The molecule has 1 unspecified atom stereocenters. The number of nitrogens with zero attached hydrogens (tertiary/aromatic N) is 2. The molecular formula is C23H38N4OS. The highest BCUT2D eigenvalue weighted by molar-refractivity contribution is 8.00. The topological polar surface area (TPSA) is 48.9 Å². The maximum absolute atomic E-state index is 6.12. The second kappa shape index (κ2) is 11.8. The fourth-order valence-corrected chi connectivity index (χ4v) is 5.32. The predicted octanol–water partition coefficient (Wildman–Crippen LogP) is 3.51. The summed E-state index contributed by atoms with van der Waals surface area (Å²) in [6.45, 7) is 8.37. The van der Waals surface area contributed by atoms with E-state index in [1.165, 1.54) is 24.2 Å². The Bertz CT molecular complexity index is 611. The first kappa shape index (κ1) is 22.4. The highest BCUT2D eigenvalue weighted by Gasteiger charge is 2.29. The third-order valence-corrected chi connectivity index (χ3v) is 7.44. The van der Waals surface area contributed by atoms with Gasteiger partial charge in [-0.15, -0.1) is 0 Å². The first-order valence-electron chi connectivity index (χ1n) is 11.1. The number of thioether (sulfide) groups is 1. The van der Waals surface area contributed by atoms with Crippen LogP contribution in [0.25, 0.3) is 0 Å². The number of hydrogen-bond acceptors (Lipinski definition) is 4. The van der Waals surface area contributed by atoms with Crippen LogP contribution in [0.1, 0.15) is 44.6 Å². The smallest absolute Gasteiger partial charge is 0.191 e. The van der Waals surface area contributed by atoms with Gasteiger partial charge in [0.15, 0.2) is 5.96 Å². The zero-order valence-electron chi connectivity index (χ0n) is 18.2. The molecule has 2 fully saturated rings. The summed E-state index contributed by atoms with van der Waals surface area (Å²) in [5.74, 6) is 2.19. The molecule has 3 rings (SSSR count). The highest BCUT2D eigenvalue weighted by Crippen LogP contribution is 2.36. The average Bonchev–Trinajstić information content (AvgIpc) is 3.19. The molecular weight excluding hydrogens is 380 g/mol. The number of ether oxygens (including phenoxy) is 1. The molecule has 2 N–H and O–H groups in total. The van der Waals surface area contributed by atoms with Gasteiger partial charge in [-0.2, -0.15) is 11.8 Å². The molecule has 0 spiro atoms. The molecule has 2 aliphatic rings. The summed E-state index contributed by atoms with van der Waals surface area (Å²) < 4.78 is 6.48. The molecule has 1 aromatic rings. The van der Waals surface area contributed by atoms with E-state index in [4.69, 9.17) is 4.74 Å². The summed E-state index contributed by atoms with van der Waals surface area (Å²) in [6, 6.07) is 10.8. The van der Waals surface area contributed by atoms with E-state index >= 15 is 0 Å². The Labute approximate surface area is 181 Å². The molecule has 6 heteroatoms. The number of piperidine rings is 1. The van der Waals surface area contributed by atoms with Crippen molar-refractivity contribution >= 4 is 17.7 Å². The molecule has 0 aromatic heterocycles. The number of benzene rings is 1. The van der Waals surface area contributed by atoms with E-state index in [0.717, 1.165) is 64.6 Å². The van der Waals surface area contributed by atoms with Crippen LogP contribution in [0.3, 0.4) is 0 Å². The van der Waals surface area contributed by atoms with E-state index in [1.54, 1.807) is 0 Å². The summed E-state index contributed by atoms with van der Waals surface area (Å²) >= 11 is 2.08. The molecule has 1 atom stereocenters. The fraction of sp³-hybridized carbons (Fsp3) is 0.696. The molecule has 0 aliphatic carbocycles. The van der Waals surface area contributed by atoms with Crippen LogP contribution in [0.2, 0.25) is 0 Å². The van der Waals surface area contributed by atoms with Crippen LogP contribution >= 0.6 is 11.8 Å². The van der Waals surface area contributed by atoms with Gasteiger partial charge in [-0.05, 0) is 50.3 Å². The Kier molecular flexibility index (Phi) is 9.15. The van der Waals surface area contributed by atoms with E-state index in [0.29, 0.717) is 10.9 Å². The molecule has 0 saturated carbocycles. The van der Waals surface area contributed by atoms with Crippen LogP contribution in [0.15, 0.2) is 35.3 Å². The molecule has 2 saturated heterocycles. The van der Waals surface area contributed by atoms with Gasteiger partial charge in [-0.1, -0.05) is 30.3 Å². The van der Waals surface area contributed by atoms with Crippen LogP contribution in [-0.4, -0.2) is 67.3 Å². The Hall–Kier alpha value is -1.24. The minimum absolute atomic E-state index is 0.357. The Morgan fingerprint density at radius 1 is 1.24 bits per heavy atom. The average molecular weight is 419 g/mol. The SMILES string of the molecule is CN=C(NCCCOC1CCN(Cc2ccccc2)CC1)NCC1(C)CCCS1. The van der Waals surface area contributed by atoms with Crippen molar-refractivity contribution < 1.29 is 4.74 Å². The lowest BCUT2D eigenvalue weighted by atomic mass is 10.1. The number of aliphatic imine (C=N–C) groups is 1. The number of likely N-dealkylation sites (tertiary alicyclic amines) is 1. The number of nitrogens with one attached hydrogen (secondary N) is 2. The van der Waals surface area contributed by atoms with Crippen molar-refractivity contribution in [3.63, 3.8) is 0 Å². The van der Waals surface area contributed by atoms with Crippen molar-refractivity contribution in [1.29, 1.82) is 0 Å². The maximum Gasteiger partial charge on any atom is 0.191 e. The largest absolute Gasteiger partial charge is 0.378 e. The van der Waals surface area contributed by atoms with Crippen LogP contribution in [0, 0.1) is 0 Å². The molecule has 5 nitrogen and oxygen atoms in total. The second-order valence-electron chi connectivity index (χ2n) is 8.44. The summed E-state index contributed by atoms with van der Waals surface area (Å²) in [4.78, 5) is 6.89. The van der Waals surface area contributed by atoms with Gasteiger partial charge in [0.25, 0.3) is 0 Å². The van der Waals surface area contributed by atoms with E-state index in [2.05, 4.69) is 69.5 Å². The lowest BCUT2D eigenvalue weighted by Gasteiger charge is -2.32. The summed E-state index contributed by atoms with van der Waals surface area (Å²) in [7, 11) is 1.85. The second-order valence-corrected chi connectivity index (χ2v) is 10.1. The minimum atomic E-state index is 0.357. The van der Waals surface area contributed by atoms with Gasteiger partial charge in [-0.25, -0.2) is 0 Å². The van der Waals surface area contributed by atoms with Gasteiger partial charge < -0.3 is 15.4 Å². The molecule has 1 aromatic carbocycles. The molecule has 162 valence electrons. The van der Waals surface area contributed by atoms with Crippen molar-refractivity contribution in [3.8, 4) is 0 Å². The molecule has 0 radical (unpaired) electrons. The van der Waals surface area contributed by atoms with E-state index in [-0.39, 0.29) is 0 Å². The lowest BCUT2D eigenvalue weighted by Crippen LogP contribution is -2.44. The normalized spacial score (nSPS) is 24.0. The van der Waals surface area contributed by atoms with Crippen molar-refractivity contribution in [1.82, 2.24) is 15.5 Å². The molecule has 0 bridgehead atoms. The van der Waals surface area contributed by atoms with Gasteiger partial charge in [-0.3, -0.25) is 9.89 Å². The zero-order chi connectivity index (χ0) is 20.4. The predicted molar refractivity (Wildman–Crippen MR) is 125 cm³/mol. The van der Waals surface area contributed by atoms with Gasteiger partial charge in [0.1, 0.15) is 0 Å². The van der Waals surface area contributed by atoms with Gasteiger partial charge in [0.2, 0.25) is 0 Å². The standard InChI is InChI=1S/C23H38N4OS/c1-23(12-6-17-29-23)19-26-22(24-2)25-13-7-16-28-21-10-14-27(15-11-21)18-20-8-4-3-5-9-20/h3-5,8-9,21H,6-7,10-19H2,1-2H3,(H2,24,25,26). The maximum atomic E-state index is 6.12. The fourth-order valence-electron chi connectivity index (χ4n) is 4.07. The van der Waals surface area contributed by atoms with Crippen molar-refractivity contribution in [3.05, 3.63) is 35.9 Å².